The Morgan fingerprint density at radius 3 is 2.79 bits per heavy atom. The van der Waals surface area contributed by atoms with Gasteiger partial charge in [0.25, 0.3) is 0 Å². The molecule has 6 nitrogen and oxygen atoms in total. The number of aromatic nitrogens is 1. The van der Waals surface area contributed by atoms with Crippen LogP contribution in [0.25, 0.3) is 11.1 Å². The summed E-state index contributed by atoms with van der Waals surface area (Å²) in [6, 6.07) is 7.37. The first kappa shape index (κ1) is 13.5. The molecule has 1 N–H and O–H groups in total. The van der Waals surface area contributed by atoms with E-state index in [-0.39, 0.29) is 0 Å². The topological polar surface area (TPSA) is 89.3 Å². The lowest BCUT2D eigenvalue weighted by atomic mass is 10.3. The molecule has 0 saturated carbocycles. The fraction of sp³-hybridized carbons (Fsp3) is 0.333. The van der Waals surface area contributed by atoms with Crippen molar-refractivity contribution >= 4 is 26.8 Å². The van der Waals surface area contributed by atoms with Gasteiger partial charge >= 0.3 is 0 Å². The van der Waals surface area contributed by atoms with Crippen molar-refractivity contribution in [3.63, 3.8) is 0 Å². The third-order valence-corrected chi connectivity index (χ3v) is 3.18. The first-order chi connectivity index (χ1) is 8.94. The highest BCUT2D eigenvalue weighted by molar-refractivity contribution is 7.91. The minimum atomic E-state index is -3.29. The highest BCUT2D eigenvalue weighted by Gasteiger charge is 2.11. The average Bonchev–Trinajstić information content (AvgIpc) is 2.68. The van der Waals surface area contributed by atoms with E-state index in [1.165, 1.54) is 0 Å². The van der Waals surface area contributed by atoms with Gasteiger partial charge in [0.15, 0.2) is 21.3 Å². The normalized spacial score (nSPS) is 11.6. The highest BCUT2D eigenvalue weighted by atomic mass is 32.2. The van der Waals surface area contributed by atoms with E-state index in [4.69, 9.17) is 4.42 Å². The second-order valence-corrected chi connectivity index (χ2v) is 6.39. The fourth-order valence-corrected chi connectivity index (χ4v) is 2.20. The molecule has 0 aliphatic carbocycles. The molecule has 1 amide bonds. The van der Waals surface area contributed by atoms with Gasteiger partial charge in [0.2, 0.25) is 5.91 Å². The molecule has 1 aromatic heterocycles. The van der Waals surface area contributed by atoms with Crippen molar-refractivity contribution < 1.29 is 17.6 Å². The molecular formula is C12H14N2O4S. The Kier molecular flexibility index (Phi) is 3.84. The molecule has 0 aliphatic rings. The first-order valence-corrected chi connectivity index (χ1v) is 7.79. The molecule has 0 atom stereocenters. The van der Waals surface area contributed by atoms with Crippen LogP contribution in [0.1, 0.15) is 5.89 Å². The van der Waals surface area contributed by atoms with E-state index in [1.807, 2.05) is 24.3 Å². The Morgan fingerprint density at radius 1 is 1.37 bits per heavy atom. The standard InChI is InChI=1S/C12H14N2O4S/c1-19(16,17)8-11(15)13-7-6-12-14-9-4-2-3-5-10(9)18-12/h2-5H,6-8H2,1H3,(H,13,15). The maximum absolute atomic E-state index is 11.3. The number of carbonyl (C=O) groups excluding carboxylic acids is 1. The van der Waals surface area contributed by atoms with Crippen molar-refractivity contribution in [2.24, 2.45) is 0 Å². The second-order valence-electron chi connectivity index (χ2n) is 4.25. The van der Waals surface area contributed by atoms with Gasteiger partial charge in [-0.05, 0) is 12.1 Å². The van der Waals surface area contributed by atoms with Crippen molar-refractivity contribution in [2.45, 2.75) is 6.42 Å². The largest absolute Gasteiger partial charge is 0.441 e. The van der Waals surface area contributed by atoms with Crippen molar-refractivity contribution in [3.05, 3.63) is 30.2 Å². The molecule has 0 radical (unpaired) electrons. The third-order valence-electron chi connectivity index (χ3n) is 2.39. The van der Waals surface area contributed by atoms with E-state index in [0.29, 0.717) is 24.4 Å². The lowest BCUT2D eigenvalue weighted by Crippen LogP contribution is -2.31. The Balaban J connectivity index is 1.87. The van der Waals surface area contributed by atoms with Crippen LogP contribution in [0.5, 0.6) is 0 Å². The van der Waals surface area contributed by atoms with Gasteiger partial charge in [0.1, 0.15) is 11.3 Å². The fourth-order valence-electron chi connectivity index (χ4n) is 1.62. The number of rotatable bonds is 5. The highest BCUT2D eigenvalue weighted by Crippen LogP contribution is 2.14. The molecule has 0 aliphatic heterocycles. The Labute approximate surface area is 110 Å². The number of carbonyl (C=O) groups is 1. The van der Waals surface area contributed by atoms with Crippen LogP contribution in [0.4, 0.5) is 0 Å². The molecule has 19 heavy (non-hydrogen) atoms. The summed E-state index contributed by atoms with van der Waals surface area (Å²) in [7, 11) is -3.29. The van der Waals surface area contributed by atoms with Crippen LogP contribution in [0.15, 0.2) is 28.7 Å². The van der Waals surface area contributed by atoms with Gasteiger partial charge in [0.05, 0.1) is 0 Å². The van der Waals surface area contributed by atoms with Gasteiger partial charge in [-0.15, -0.1) is 0 Å². The molecule has 1 heterocycles. The van der Waals surface area contributed by atoms with E-state index in [2.05, 4.69) is 10.3 Å². The molecule has 0 fully saturated rings. The number of oxazole rings is 1. The van der Waals surface area contributed by atoms with Gasteiger partial charge in [-0.25, -0.2) is 13.4 Å². The minimum Gasteiger partial charge on any atom is -0.441 e. The predicted octanol–water partition coefficient (Wildman–Crippen LogP) is 0.531. The number of hydrogen-bond acceptors (Lipinski definition) is 5. The van der Waals surface area contributed by atoms with Crippen LogP contribution < -0.4 is 5.32 Å². The zero-order valence-corrected chi connectivity index (χ0v) is 11.2. The molecule has 1 aromatic carbocycles. The predicted molar refractivity (Wildman–Crippen MR) is 70.4 cm³/mol. The third kappa shape index (κ3) is 4.06. The van der Waals surface area contributed by atoms with Crippen LogP contribution >= 0.6 is 0 Å². The van der Waals surface area contributed by atoms with Crippen LogP contribution in [-0.2, 0) is 21.1 Å². The monoisotopic (exact) mass is 282 g/mol. The average molecular weight is 282 g/mol. The summed E-state index contributed by atoms with van der Waals surface area (Å²) in [6.07, 6.45) is 1.44. The number of benzene rings is 1. The lowest BCUT2D eigenvalue weighted by Gasteiger charge is -2.01. The molecule has 0 spiro atoms. The van der Waals surface area contributed by atoms with Crippen LogP contribution in [0.3, 0.4) is 0 Å². The smallest absolute Gasteiger partial charge is 0.235 e. The number of amides is 1. The molecule has 7 heteroatoms. The van der Waals surface area contributed by atoms with Gasteiger partial charge < -0.3 is 9.73 Å². The molecule has 0 saturated heterocycles. The summed E-state index contributed by atoms with van der Waals surface area (Å²) in [5, 5.41) is 2.51. The van der Waals surface area contributed by atoms with Gasteiger partial charge in [-0.1, -0.05) is 12.1 Å². The molecule has 0 bridgehead atoms. The Hall–Kier alpha value is -1.89. The van der Waals surface area contributed by atoms with Gasteiger partial charge in [-0.3, -0.25) is 4.79 Å². The number of fused-ring (bicyclic) bond motifs is 1. The van der Waals surface area contributed by atoms with E-state index in [9.17, 15) is 13.2 Å². The summed E-state index contributed by atoms with van der Waals surface area (Å²) in [4.78, 5) is 15.5. The van der Waals surface area contributed by atoms with Crippen molar-refractivity contribution in [1.82, 2.24) is 10.3 Å². The summed E-state index contributed by atoms with van der Waals surface area (Å²) >= 11 is 0. The molecule has 2 rings (SSSR count). The van der Waals surface area contributed by atoms with E-state index in [1.54, 1.807) is 0 Å². The van der Waals surface area contributed by atoms with Crippen LogP contribution in [0.2, 0.25) is 0 Å². The zero-order chi connectivity index (χ0) is 13.9. The second kappa shape index (κ2) is 5.40. The number of hydrogen-bond donors (Lipinski definition) is 1. The first-order valence-electron chi connectivity index (χ1n) is 5.73. The van der Waals surface area contributed by atoms with E-state index < -0.39 is 21.5 Å². The van der Waals surface area contributed by atoms with Crippen molar-refractivity contribution in [1.29, 1.82) is 0 Å². The van der Waals surface area contributed by atoms with Crippen molar-refractivity contribution in [3.8, 4) is 0 Å². The maximum Gasteiger partial charge on any atom is 0.235 e. The minimum absolute atomic E-state index is 0.293. The van der Waals surface area contributed by atoms with Gasteiger partial charge in [-0.2, -0.15) is 0 Å². The zero-order valence-electron chi connectivity index (χ0n) is 10.4. The van der Waals surface area contributed by atoms with E-state index >= 15 is 0 Å². The summed E-state index contributed by atoms with van der Waals surface area (Å²) in [5.41, 5.74) is 1.46. The Bertz CT molecular complexity index is 658. The molecule has 0 unspecified atom stereocenters. The van der Waals surface area contributed by atoms with Crippen LogP contribution in [0, 0.1) is 0 Å². The number of sulfone groups is 1. The molecule has 102 valence electrons. The van der Waals surface area contributed by atoms with Gasteiger partial charge in [0, 0.05) is 19.2 Å². The number of nitrogens with one attached hydrogen (secondary N) is 1. The molecule has 2 aromatic rings. The lowest BCUT2D eigenvalue weighted by molar-refractivity contribution is -0.118. The number of nitrogens with zero attached hydrogens (tertiary/aromatic N) is 1. The summed E-state index contributed by atoms with van der Waals surface area (Å²) < 4.78 is 27.3. The quantitative estimate of drug-likeness (QED) is 0.864. The summed E-state index contributed by atoms with van der Waals surface area (Å²) in [5.74, 6) is -0.500. The van der Waals surface area contributed by atoms with Crippen molar-refractivity contribution in [2.75, 3.05) is 18.6 Å². The Morgan fingerprint density at radius 2 is 2.11 bits per heavy atom. The number of para-hydroxylation sites is 2. The SMILES string of the molecule is CS(=O)(=O)CC(=O)NCCc1nc2ccccc2o1. The molecular weight excluding hydrogens is 268 g/mol. The maximum atomic E-state index is 11.3. The van der Waals surface area contributed by atoms with E-state index in [0.717, 1.165) is 11.8 Å². The summed E-state index contributed by atoms with van der Waals surface area (Å²) in [6.45, 7) is 0.293. The van der Waals surface area contributed by atoms with Crippen LogP contribution in [-0.4, -0.2) is 37.9 Å².